The molecule has 0 amide bonds. The number of carboxylic acid groups (broad SMARTS) is 1. The molecule has 0 aliphatic heterocycles. The van der Waals surface area contributed by atoms with Gasteiger partial charge in [0.1, 0.15) is 0 Å². The number of rotatable bonds is 14. The zero-order valence-electron chi connectivity index (χ0n) is 14.4. The highest BCUT2D eigenvalue weighted by Gasteiger charge is 1.98. The molecule has 0 aromatic rings. The molecule has 21 heavy (non-hydrogen) atoms. The van der Waals surface area contributed by atoms with Gasteiger partial charge in [0, 0.05) is 5.57 Å². The summed E-state index contributed by atoms with van der Waals surface area (Å²) in [7, 11) is 4.28. The molecule has 3 heteroatoms. The van der Waals surface area contributed by atoms with E-state index in [0.29, 0.717) is 5.57 Å². The maximum absolute atomic E-state index is 10.6. The van der Waals surface area contributed by atoms with Crippen LogP contribution >= 0.6 is 0 Å². The molecular formula is C18H35NO2. The van der Waals surface area contributed by atoms with Crippen LogP contribution in [-0.4, -0.2) is 36.6 Å². The molecule has 3 nitrogen and oxygen atoms in total. The molecule has 0 radical (unpaired) electrons. The molecule has 0 bridgehead atoms. The van der Waals surface area contributed by atoms with Crippen molar-refractivity contribution in [1.82, 2.24) is 4.90 Å². The quantitative estimate of drug-likeness (QED) is 0.367. The van der Waals surface area contributed by atoms with Crippen molar-refractivity contribution < 1.29 is 9.90 Å². The van der Waals surface area contributed by atoms with E-state index in [0.717, 1.165) is 12.8 Å². The van der Waals surface area contributed by atoms with Crippen molar-refractivity contribution in [3.8, 4) is 0 Å². The second-order valence-corrected chi connectivity index (χ2v) is 6.32. The number of hydrogen-bond donors (Lipinski definition) is 1. The third kappa shape index (κ3) is 15.4. The fourth-order valence-electron chi connectivity index (χ4n) is 2.39. The van der Waals surface area contributed by atoms with E-state index in [1.807, 2.05) is 6.08 Å². The minimum Gasteiger partial charge on any atom is -0.478 e. The van der Waals surface area contributed by atoms with Crippen molar-refractivity contribution >= 4 is 5.97 Å². The Labute approximate surface area is 131 Å². The van der Waals surface area contributed by atoms with E-state index < -0.39 is 5.97 Å². The summed E-state index contributed by atoms with van der Waals surface area (Å²) in [6, 6.07) is 0. The van der Waals surface area contributed by atoms with Gasteiger partial charge in [-0.2, -0.15) is 0 Å². The maximum Gasteiger partial charge on any atom is 0.330 e. The van der Waals surface area contributed by atoms with Crippen LogP contribution in [0.3, 0.4) is 0 Å². The Hall–Kier alpha value is -0.830. The lowest BCUT2D eigenvalue weighted by atomic mass is 10.1. The number of carboxylic acids is 1. The maximum atomic E-state index is 10.6. The molecular weight excluding hydrogens is 262 g/mol. The molecule has 1 N–H and O–H groups in total. The molecule has 0 saturated carbocycles. The summed E-state index contributed by atoms with van der Waals surface area (Å²) in [6.45, 7) is 2.89. The van der Waals surface area contributed by atoms with Gasteiger partial charge in [0.2, 0.25) is 0 Å². The molecule has 0 aliphatic carbocycles. The SMILES string of the molecule is CC(=CCCCCCCCCCCCCN(C)C)C(=O)O. The molecule has 0 spiro atoms. The number of nitrogens with zero attached hydrogens (tertiary/aromatic N) is 1. The van der Waals surface area contributed by atoms with Gasteiger partial charge >= 0.3 is 5.97 Å². The van der Waals surface area contributed by atoms with Crippen molar-refractivity contribution in [2.75, 3.05) is 20.6 Å². The summed E-state index contributed by atoms with van der Waals surface area (Å²) in [6.07, 6.45) is 15.9. The zero-order chi connectivity index (χ0) is 15.9. The van der Waals surface area contributed by atoms with Gasteiger partial charge in [-0.3, -0.25) is 0 Å². The predicted molar refractivity (Wildman–Crippen MR) is 90.7 cm³/mol. The highest BCUT2D eigenvalue weighted by Crippen LogP contribution is 2.12. The molecule has 0 aromatic carbocycles. The number of unbranched alkanes of at least 4 members (excludes halogenated alkanes) is 10. The van der Waals surface area contributed by atoms with Crippen molar-refractivity contribution in [3.63, 3.8) is 0 Å². The molecule has 0 unspecified atom stereocenters. The minimum atomic E-state index is -0.791. The lowest BCUT2D eigenvalue weighted by Gasteiger charge is -2.08. The second kappa shape index (κ2) is 14.1. The average molecular weight is 297 g/mol. The summed E-state index contributed by atoms with van der Waals surface area (Å²) in [5.74, 6) is -0.791. The summed E-state index contributed by atoms with van der Waals surface area (Å²) in [4.78, 5) is 12.9. The van der Waals surface area contributed by atoms with Crippen molar-refractivity contribution in [1.29, 1.82) is 0 Å². The topological polar surface area (TPSA) is 40.5 Å². The molecule has 0 fully saturated rings. The number of aliphatic carboxylic acids is 1. The van der Waals surface area contributed by atoms with Crippen LogP contribution in [0.15, 0.2) is 11.6 Å². The minimum absolute atomic E-state index is 0.476. The van der Waals surface area contributed by atoms with Gasteiger partial charge in [0.05, 0.1) is 0 Å². The van der Waals surface area contributed by atoms with E-state index in [9.17, 15) is 4.79 Å². The molecule has 0 heterocycles. The standard InChI is InChI=1S/C18H35NO2/c1-17(18(20)21)15-13-11-9-7-5-4-6-8-10-12-14-16-19(2)3/h15H,4-14,16H2,1-3H3,(H,20,21). The Morgan fingerprint density at radius 1 is 0.857 bits per heavy atom. The van der Waals surface area contributed by atoms with Gasteiger partial charge in [-0.15, -0.1) is 0 Å². The monoisotopic (exact) mass is 297 g/mol. The first-order valence-corrected chi connectivity index (χ1v) is 8.59. The Morgan fingerprint density at radius 2 is 1.29 bits per heavy atom. The van der Waals surface area contributed by atoms with Crippen LogP contribution < -0.4 is 0 Å². The van der Waals surface area contributed by atoms with E-state index >= 15 is 0 Å². The molecule has 0 aromatic heterocycles. The van der Waals surface area contributed by atoms with Crippen LogP contribution in [0.1, 0.15) is 77.6 Å². The lowest BCUT2D eigenvalue weighted by Crippen LogP contribution is -2.12. The van der Waals surface area contributed by atoms with Crippen molar-refractivity contribution in [2.45, 2.75) is 77.6 Å². The smallest absolute Gasteiger partial charge is 0.330 e. The lowest BCUT2D eigenvalue weighted by molar-refractivity contribution is -0.132. The third-order valence-electron chi connectivity index (χ3n) is 3.85. The normalized spacial score (nSPS) is 12.1. The van der Waals surface area contributed by atoms with Crippen LogP contribution in [0.5, 0.6) is 0 Å². The van der Waals surface area contributed by atoms with E-state index in [2.05, 4.69) is 19.0 Å². The fraction of sp³-hybridized carbons (Fsp3) is 0.833. The predicted octanol–water partition coefficient (Wildman–Crippen LogP) is 4.87. The van der Waals surface area contributed by atoms with Crippen LogP contribution in [-0.2, 0) is 4.79 Å². The van der Waals surface area contributed by atoms with Gasteiger partial charge in [0.25, 0.3) is 0 Å². The highest BCUT2D eigenvalue weighted by atomic mass is 16.4. The van der Waals surface area contributed by atoms with Crippen LogP contribution in [0.25, 0.3) is 0 Å². The van der Waals surface area contributed by atoms with Crippen LogP contribution in [0, 0.1) is 0 Å². The number of carbonyl (C=O) groups is 1. The molecule has 0 atom stereocenters. The highest BCUT2D eigenvalue weighted by molar-refractivity contribution is 5.85. The largest absolute Gasteiger partial charge is 0.478 e. The summed E-state index contributed by atoms with van der Waals surface area (Å²) in [5.41, 5.74) is 0.476. The van der Waals surface area contributed by atoms with E-state index in [1.54, 1.807) is 6.92 Å². The van der Waals surface area contributed by atoms with Crippen LogP contribution in [0.4, 0.5) is 0 Å². The van der Waals surface area contributed by atoms with Gasteiger partial charge in [0.15, 0.2) is 0 Å². The average Bonchev–Trinajstić information content (AvgIpc) is 2.43. The first kappa shape index (κ1) is 20.2. The summed E-state index contributed by atoms with van der Waals surface area (Å²) >= 11 is 0. The first-order valence-electron chi connectivity index (χ1n) is 8.59. The summed E-state index contributed by atoms with van der Waals surface area (Å²) in [5, 5.41) is 8.72. The fourth-order valence-corrected chi connectivity index (χ4v) is 2.39. The Morgan fingerprint density at radius 3 is 1.71 bits per heavy atom. The molecule has 0 rings (SSSR count). The van der Waals surface area contributed by atoms with Gasteiger partial charge in [-0.05, 0) is 46.8 Å². The van der Waals surface area contributed by atoms with E-state index in [-0.39, 0.29) is 0 Å². The molecule has 0 saturated heterocycles. The van der Waals surface area contributed by atoms with Gasteiger partial charge in [-0.25, -0.2) is 4.79 Å². The van der Waals surface area contributed by atoms with Crippen molar-refractivity contribution in [3.05, 3.63) is 11.6 Å². The second-order valence-electron chi connectivity index (χ2n) is 6.32. The number of allylic oxidation sites excluding steroid dienone is 1. The Bertz CT molecular complexity index is 285. The Balaban J connectivity index is 3.16. The Kier molecular flexibility index (Phi) is 13.6. The molecule has 0 aliphatic rings. The van der Waals surface area contributed by atoms with E-state index in [4.69, 9.17) is 5.11 Å². The van der Waals surface area contributed by atoms with Crippen LogP contribution in [0.2, 0.25) is 0 Å². The van der Waals surface area contributed by atoms with Gasteiger partial charge in [-0.1, -0.05) is 57.4 Å². The number of hydrogen-bond acceptors (Lipinski definition) is 2. The van der Waals surface area contributed by atoms with Gasteiger partial charge < -0.3 is 10.0 Å². The van der Waals surface area contributed by atoms with E-state index in [1.165, 1.54) is 64.3 Å². The third-order valence-corrected chi connectivity index (χ3v) is 3.85. The van der Waals surface area contributed by atoms with Crippen molar-refractivity contribution in [2.24, 2.45) is 0 Å². The molecule has 124 valence electrons. The summed E-state index contributed by atoms with van der Waals surface area (Å²) < 4.78 is 0. The first-order chi connectivity index (χ1) is 10.0. The zero-order valence-corrected chi connectivity index (χ0v) is 14.4.